The van der Waals surface area contributed by atoms with Crippen LogP contribution in [0, 0.1) is 37.0 Å². The first kappa shape index (κ1) is 90.3. The van der Waals surface area contributed by atoms with Gasteiger partial charge in [0.1, 0.15) is 17.1 Å². The number of fused-ring (bicyclic) bond motifs is 3. The molecule has 9 aromatic rings. The normalized spacial score (nSPS) is 11.3. The summed E-state index contributed by atoms with van der Waals surface area (Å²) in [5.74, 6) is -1.81. The van der Waals surface area contributed by atoms with Gasteiger partial charge < -0.3 is 48.4 Å². The van der Waals surface area contributed by atoms with Crippen molar-refractivity contribution >= 4 is 134 Å². The molecular weight excluding hydrogens is 1550 g/mol. The number of aliphatic carboxylic acids is 1. The van der Waals surface area contributed by atoms with Crippen LogP contribution in [0.15, 0.2) is 154 Å². The number of halogens is 3. The van der Waals surface area contributed by atoms with E-state index in [1.165, 1.54) is 19.1 Å². The Morgan fingerprint density at radius 3 is 1.07 bits per heavy atom. The molecule has 560 valence electrons. The predicted octanol–water partition coefficient (Wildman–Crippen LogP) is 16.8. The Morgan fingerprint density at radius 1 is 0.491 bits per heavy atom. The number of nitrogens with one attached hydrogen (secondary N) is 1. The number of methoxy groups -OCH3 is 2. The summed E-state index contributed by atoms with van der Waals surface area (Å²) < 4.78 is 17.1. The number of amides is 3. The number of carbonyl (C=O) groups is 9. The third kappa shape index (κ3) is 21.8. The molecule has 0 saturated carbocycles. The molecule has 3 amide bonds. The Balaban J connectivity index is 0.000000321. The van der Waals surface area contributed by atoms with E-state index in [0.29, 0.717) is 79.0 Å². The number of rotatable bonds is 19. The molecule has 0 aliphatic rings. The number of nitrogens with zero attached hydrogens (tertiary/aromatic N) is 5. The zero-order chi connectivity index (χ0) is 77.9. The number of carbonyl (C=O) groups excluding carboxylic acids is 8. The van der Waals surface area contributed by atoms with Gasteiger partial charge in [0.2, 0.25) is 0 Å². The molecular formula is C83H98Br3N6NaO13. The number of aromatic nitrogens is 3. The number of carboxylic acids is 1. The van der Waals surface area contributed by atoms with Gasteiger partial charge in [0.25, 0.3) is 17.7 Å². The number of Topliss-reactive ketones (excluding diaryl/α,β-unsaturated/α-hetero) is 3. The fraction of sp³-hybridized carbons (Fsp3) is 0.361. The Morgan fingerprint density at radius 2 is 0.792 bits per heavy atom. The zero-order valence-corrected chi connectivity index (χ0v) is 71.5. The summed E-state index contributed by atoms with van der Waals surface area (Å²) in [5, 5.41) is 12.2. The number of carboxylic acid groups (broad SMARTS) is 1. The van der Waals surface area contributed by atoms with E-state index in [0.717, 1.165) is 47.2 Å². The van der Waals surface area contributed by atoms with Gasteiger partial charge in [-0.05, 0) is 181 Å². The second kappa shape index (κ2) is 38.1. The van der Waals surface area contributed by atoms with Crippen LogP contribution in [0.1, 0.15) is 230 Å². The molecule has 23 heteroatoms. The largest absolute Gasteiger partial charge is 1.00 e. The van der Waals surface area contributed by atoms with Crippen LogP contribution in [0.5, 0.6) is 0 Å². The van der Waals surface area contributed by atoms with E-state index in [1.54, 1.807) is 28.4 Å². The minimum atomic E-state index is -0.989. The second-order valence-electron chi connectivity index (χ2n) is 29.4. The van der Waals surface area contributed by atoms with E-state index >= 15 is 0 Å². The quantitative estimate of drug-likeness (QED) is 0.0331. The number of esters is 2. The van der Waals surface area contributed by atoms with Gasteiger partial charge in [-0.15, -0.1) is 0 Å². The van der Waals surface area contributed by atoms with Gasteiger partial charge in [-0.25, -0.2) is 4.79 Å². The summed E-state index contributed by atoms with van der Waals surface area (Å²) in [6, 6.07) is 33.9. The van der Waals surface area contributed by atoms with Gasteiger partial charge in [0, 0.05) is 101 Å². The number of hydrogen-bond donors (Lipinski definition) is 2. The summed E-state index contributed by atoms with van der Waals surface area (Å²) >= 11 is 10.2. The molecule has 0 aliphatic carbocycles. The summed E-state index contributed by atoms with van der Waals surface area (Å²) in [7, 11) is 2.64. The second-order valence-corrected chi connectivity index (χ2v) is 32.2. The molecule has 0 unspecified atom stereocenters. The molecule has 106 heavy (non-hydrogen) atoms. The van der Waals surface area contributed by atoms with Gasteiger partial charge in [0.15, 0.2) is 17.3 Å². The topological polar surface area (TPSA) is 254 Å². The van der Waals surface area contributed by atoms with Crippen molar-refractivity contribution in [2.24, 2.45) is 16.2 Å². The number of hydrogen-bond acceptors (Lipinski definition) is 12. The van der Waals surface area contributed by atoms with E-state index in [2.05, 4.69) is 106 Å². The molecule has 3 N–H and O–H groups in total. The molecule has 0 fully saturated rings. The van der Waals surface area contributed by atoms with E-state index in [4.69, 9.17) is 4.74 Å². The van der Waals surface area contributed by atoms with Gasteiger partial charge in [-0.2, -0.15) is 0 Å². The molecule has 19 nitrogen and oxygen atoms in total. The fourth-order valence-corrected chi connectivity index (χ4v) is 12.4. The summed E-state index contributed by atoms with van der Waals surface area (Å²) in [6.45, 7) is 38.4. The molecule has 0 radical (unpaired) electrons. The van der Waals surface area contributed by atoms with Crippen molar-refractivity contribution in [3.63, 3.8) is 0 Å². The van der Waals surface area contributed by atoms with E-state index in [9.17, 15) is 48.3 Å². The van der Waals surface area contributed by atoms with Gasteiger partial charge in [-0.1, -0.05) is 158 Å². The van der Waals surface area contributed by atoms with Crippen LogP contribution in [0.4, 0.5) is 17.1 Å². The molecule has 3 aromatic carbocycles. The first-order valence-electron chi connectivity index (χ1n) is 34.3. The third-order valence-corrected chi connectivity index (χ3v) is 19.1. The molecule has 0 saturated heterocycles. The number of anilines is 3. The third-order valence-electron chi connectivity index (χ3n) is 17.5. The molecule has 6 aromatic heterocycles. The minimum absolute atomic E-state index is 0. The average molecular weight is 1650 g/mol. The Bertz CT molecular complexity index is 4720. The Labute approximate surface area is 669 Å². The maximum absolute atomic E-state index is 14.1. The summed E-state index contributed by atoms with van der Waals surface area (Å²) in [6.07, 6.45) is 6.56. The van der Waals surface area contributed by atoms with Crippen molar-refractivity contribution in [2.45, 2.75) is 155 Å². The monoisotopic (exact) mass is 1650 g/mol. The van der Waals surface area contributed by atoms with Crippen molar-refractivity contribution in [2.75, 3.05) is 42.4 Å². The Hall–Kier alpha value is -8.09. The molecule has 0 bridgehead atoms. The molecule has 0 atom stereocenters. The number of ether oxygens (including phenoxy) is 2. The fourth-order valence-electron chi connectivity index (χ4n) is 11.6. The molecule has 6 heterocycles. The number of ketones is 3. The first-order chi connectivity index (χ1) is 48.5. The minimum Gasteiger partial charge on any atom is -0.870 e. The number of benzene rings is 3. The van der Waals surface area contributed by atoms with Crippen molar-refractivity contribution in [3.8, 4) is 0 Å². The maximum Gasteiger partial charge on any atom is 1.00 e. The van der Waals surface area contributed by atoms with Crippen molar-refractivity contribution in [1.29, 1.82) is 0 Å². The molecule has 9 rings (SSSR count). The van der Waals surface area contributed by atoms with Crippen molar-refractivity contribution < 1.29 is 92.8 Å². The van der Waals surface area contributed by atoms with Crippen molar-refractivity contribution in [3.05, 3.63) is 221 Å². The van der Waals surface area contributed by atoms with Gasteiger partial charge in [-0.3, -0.25) is 38.4 Å². The van der Waals surface area contributed by atoms with E-state index in [1.807, 2.05) is 201 Å². The summed E-state index contributed by atoms with van der Waals surface area (Å²) in [4.78, 5) is 118. The smallest absolute Gasteiger partial charge is 0.870 e. The van der Waals surface area contributed by atoms with Crippen LogP contribution < -0.4 is 44.7 Å². The maximum atomic E-state index is 14.1. The Kier molecular flexibility index (Phi) is 32.5. The van der Waals surface area contributed by atoms with E-state index < -0.39 is 34.2 Å². The van der Waals surface area contributed by atoms with Crippen LogP contribution in [0.2, 0.25) is 0 Å². The SMILES string of the molecule is C=CC(=O)OC.COC(=O)CCN(C(=O)c1c(C)c(C(=O)C(C)(C)C)c2cc(C(C)C)ccn12)c1ccc(Br)cc1.Cc1c(C(=O)C(C)(C)C)c2cc(C(C)C)ccn2c1C(=O)N(CCC(=O)O)c1ccc(Br)cc1.Cc1c(C(=O)C(C)(C)C)c2cc(C(C)C)ccn2c1C(=O)Nc1ccc(Br)cc1.[Na+].[OH-]. The van der Waals surface area contributed by atoms with Crippen LogP contribution in [-0.4, -0.2) is 104 Å². The standard InChI is InChI=1S/C28H33BrN2O4.C27H31BrN2O4.C24H27BrN2O2.C4H6O2.Na.H2O/c1-17(2)19-12-14-31-22(16-19)24(26(33)28(4,5)6)18(3)25(31)27(34)30(15-13-23(32)35-7)21-10-8-20(29)9-11-21;1-16(2)18-11-13-30-21(15-18)23(25(33)27(4,5)6)17(3)24(30)26(34)29(14-12-22(31)32)20-9-7-19(28)8-10-20;1-14(2)16-11-12-27-19(13-16)20(22(28)24(4,5)6)15(3)21(27)23(29)26-18-9-7-17(25)8-10-18;1-3-4(5)6-2;;/h8-12,14,16-17H,13,15H2,1-7H3;7-11,13,15-16H,12,14H2,1-6H3,(H,31,32);7-14H,1-6H3,(H,26,29);3H,1H2,2H3;;1H2/q;;;;+1;/p-1. The van der Waals surface area contributed by atoms with Crippen LogP contribution in [0.3, 0.4) is 0 Å². The van der Waals surface area contributed by atoms with Crippen LogP contribution in [-0.2, 0) is 23.9 Å². The average Bonchev–Trinajstić information content (AvgIpc) is 1.53. The van der Waals surface area contributed by atoms with Gasteiger partial charge >= 0.3 is 47.5 Å². The van der Waals surface area contributed by atoms with Crippen molar-refractivity contribution in [1.82, 2.24) is 13.2 Å². The van der Waals surface area contributed by atoms with E-state index in [-0.39, 0.29) is 108 Å². The molecule has 0 aliphatic heterocycles. The number of pyridine rings is 3. The predicted molar refractivity (Wildman–Crippen MR) is 427 cm³/mol. The molecule has 0 spiro atoms. The zero-order valence-electron chi connectivity index (χ0n) is 64.7. The van der Waals surface area contributed by atoms with Gasteiger partial charge in [0.05, 0.1) is 43.6 Å². The first-order valence-corrected chi connectivity index (χ1v) is 36.7. The summed E-state index contributed by atoms with van der Waals surface area (Å²) in [5.41, 5.74) is 10.6. The van der Waals surface area contributed by atoms with Crippen LogP contribution >= 0.6 is 47.8 Å². The van der Waals surface area contributed by atoms with Crippen LogP contribution in [0.25, 0.3) is 16.6 Å².